The molecular formula is C43H54F2N8O5. The summed E-state index contributed by atoms with van der Waals surface area (Å²) in [6, 6.07) is 12.0. The van der Waals surface area contributed by atoms with Gasteiger partial charge in [-0.2, -0.15) is 0 Å². The van der Waals surface area contributed by atoms with E-state index in [0.717, 1.165) is 77.5 Å². The number of hydrogen-bond acceptors (Lipinski definition) is 10. The quantitative estimate of drug-likeness (QED) is 0.146. The summed E-state index contributed by atoms with van der Waals surface area (Å²) in [5.41, 5.74) is 2.67. The van der Waals surface area contributed by atoms with Crippen molar-refractivity contribution in [2.75, 3.05) is 59.8 Å². The van der Waals surface area contributed by atoms with E-state index in [1.807, 2.05) is 11.0 Å². The maximum absolute atomic E-state index is 14.8. The van der Waals surface area contributed by atoms with Gasteiger partial charge in [0.05, 0.1) is 18.5 Å². The average molecular weight is 801 g/mol. The van der Waals surface area contributed by atoms with Gasteiger partial charge in [0.2, 0.25) is 24.2 Å². The van der Waals surface area contributed by atoms with Crippen LogP contribution in [0.4, 0.5) is 36.6 Å². The first kappa shape index (κ1) is 40.8. The molecule has 8 rings (SSSR count). The zero-order valence-electron chi connectivity index (χ0n) is 33.0. The molecule has 1 aromatic heterocycles. The van der Waals surface area contributed by atoms with E-state index in [-0.39, 0.29) is 35.8 Å². The molecule has 5 fully saturated rings. The van der Waals surface area contributed by atoms with E-state index in [1.165, 1.54) is 37.9 Å². The summed E-state index contributed by atoms with van der Waals surface area (Å²) in [4.78, 5) is 60.0. The number of nitrogens with one attached hydrogen (secondary N) is 3. The van der Waals surface area contributed by atoms with Gasteiger partial charge < -0.3 is 25.2 Å². The molecule has 4 amide bonds. The first-order valence-corrected chi connectivity index (χ1v) is 20.9. The minimum Gasteiger partial charge on any atom is -0.449 e. The van der Waals surface area contributed by atoms with Gasteiger partial charge in [0.1, 0.15) is 17.6 Å². The highest BCUT2D eigenvalue weighted by Crippen LogP contribution is 2.33. The lowest BCUT2D eigenvalue weighted by Gasteiger charge is -2.37. The van der Waals surface area contributed by atoms with E-state index in [2.05, 4.69) is 30.8 Å². The molecule has 310 valence electrons. The molecule has 4 aliphatic heterocycles. The lowest BCUT2D eigenvalue weighted by molar-refractivity contribution is -0.133. The van der Waals surface area contributed by atoms with Crippen molar-refractivity contribution in [3.05, 3.63) is 60.3 Å². The molecule has 0 radical (unpaired) electrons. The third-order valence-electron chi connectivity index (χ3n) is 12.0. The van der Waals surface area contributed by atoms with Crippen molar-refractivity contribution in [1.29, 1.82) is 0 Å². The second-order valence-electron chi connectivity index (χ2n) is 16.1. The maximum atomic E-state index is 14.8. The maximum Gasteiger partial charge on any atom is 0.414 e. The van der Waals surface area contributed by atoms with Crippen LogP contribution in [0.25, 0.3) is 11.3 Å². The van der Waals surface area contributed by atoms with Crippen LogP contribution in [0.2, 0.25) is 0 Å². The van der Waals surface area contributed by atoms with Crippen molar-refractivity contribution in [3.8, 4) is 11.3 Å². The van der Waals surface area contributed by atoms with Crippen LogP contribution in [0, 0.1) is 23.5 Å². The number of carbonyl (C=O) groups excluding carboxylic acids is 4. The summed E-state index contributed by atoms with van der Waals surface area (Å²) in [6.45, 7) is 4.45. The predicted octanol–water partition coefficient (Wildman–Crippen LogP) is 6.89. The summed E-state index contributed by atoms with van der Waals surface area (Å²) < 4.78 is 34.3. The van der Waals surface area contributed by atoms with Crippen molar-refractivity contribution >= 4 is 47.3 Å². The zero-order chi connectivity index (χ0) is 40.4. The number of amides is 4. The van der Waals surface area contributed by atoms with Crippen molar-refractivity contribution in [2.45, 2.75) is 95.6 Å². The number of imide groups is 1. The van der Waals surface area contributed by atoms with E-state index in [4.69, 9.17) is 4.74 Å². The molecule has 3 N–H and O–H groups in total. The number of likely N-dealkylation sites (tertiary alicyclic amines) is 1. The van der Waals surface area contributed by atoms with Crippen LogP contribution in [0.5, 0.6) is 0 Å². The van der Waals surface area contributed by atoms with Crippen molar-refractivity contribution in [3.63, 3.8) is 0 Å². The predicted molar refractivity (Wildman–Crippen MR) is 217 cm³/mol. The first-order chi connectivity index (χ1) is 28.2. The number of cyclic esters (lactones) is 1. The van der Waals surface area contributed by atoms with E-state index >= 15 is 0 Å². The fourth-order valence-corrected chi connectivity index (χ4v) is 8.74. The second-order valence-corrected chi connectivity index (χ2v) is 16.1. The number of benzene rings is 2. The lowest BCUT2D eigenvalue weighted by atomic mass is 9.83. The van der Waals surface area contributed by atoms with Crippen molar-refractivity contribution in [1.82, 2.24) is 20.2 Å². The molecule has 5 aliphatic rings. The van der Waals surface area contributed by atoms with E-state index in [0.29, 0.717) is 66.0 Å². The number of anilines is 4. The van der Waals surface area contributed by atoms with Gasteiger partial charge in [0, 0.05) is 62.1 Å². The molecule has 2 aromatic carbocycles. The van der Waals surface area contributed by atoms with Crippen molar-refractivity contribution < 1.29 is 32.7 Å². The molecule has 5 heterocycles. The summed E-state index contributed by atoms with van der Waals surface area (Å²) in [6.07, 6.45) is 14.6. The smallest absolute Gasteiger partial charge is 0.414 e. The Morgan fingerprint density at radius 3 is 2.29 bits per heavy atom. The van der Waals surface area contributed by atoms with Crippen LogP contribution in [0.3, 0.4) is 0 Å². The van der Waals surface area contributed by atoms with Crippen LogP contribution in [0.1, 0.15) is 83.5 Å². The largest absolute Gasteiger partial charge is 0.449 e. The second kappa shape index (κ2) is 19.4. The molecule has 15 heteroatoms. The highest BCUT2D eigenvalue weighted by atomic mass is 19.1. The van der Waals surface area contributed by atoms with Gasteiger partial charge in [-0.05, 0) is 100.0 Å². The molecule has 4 saturated heterocycles. The molecule has 1 aliphatic carbocycles. The number of carbonyl (C=O) groups is 4. The van der Waals surface area contributed by atoms with E-state index in [9.17, 15) is 28.0 Å². The highest BCUT2D eigenvalue weighted by Gasteiger charge is 2.29. The molecule has 1 atom stereocenters. The number of halogens is 2. The summed E-state index contributed by atoms with van der Waals surface area (Å²) in [5, 5.41) is 8.67. The Kier molecular flexibility index (Phi) is 13.7. The standard InChI is InChI=1S/C23H31FN4O3.C20H23FN4O2/c24-19-14-18(25-20-2-4-22(30)26-23(20)31)1-3-21(19)28-11-7-17(8-12-28)13-16-5-9-27(15-29)10-6-16;21-17-13-22-19(23-15-7-2-1-3-8-15)24-18(17)14-6-4-9-16(12-14)25-10-5-11-27-20(25)26/h1,3,14-17,20,25H,2,4-13H2,(H,26,30,31);4,6,9,12-13,15H,1-3,5,7-8,10-11H2,(H,22,23,24). The van der Waals surface area contributed by atoms with Gasteiger partial charge in [0.25, 0.3) is 0 Å². The van der Waals surface area contributed by atoms with Gasteiger partial charge in [0.15, 0.2) is 5.82 Å². The first-order valence-electron chi connectivity index (χ1n) is 20.9. The number of hydrogen-bond donors (Lipinski definition) is 3. The third kappa shape index (κ3) is 10.6. The number of piperidine rings is 3. The molecule has 3 aromatic rings. The monoisotopic (exact) mass is 800 g/mol. The molecule has 0 spiro atoms. The van der Waals surface area contributed by atoms with Crippen LogP contribution in [-0.2, 0) is 19.1 Å². The highest BCUT2D eigenvalue weighted by molar-refractivity contribution is 6.01. The third-order valence-corrected chi connectivity index (χ3v) is 12.0. The van der Waals surface area contributed by atoms with Crippen LogP contribution in [0.15, 0.2) is 48.7 Å². The van der Waals surface area contributed by atoms with Gasteiger partial charge in [-0.3, -0.25) is 24.6 Å². The molecular weight excluding hydrogens is 747 g/mol. The van der Waals surface area contributed by atoms with E-state index in [1.54, 1.807) is 35.2 Å². The van der Waals surface area contributed by atoms with Crippen LogP contribution >= 0.6 is 0 Å². The number of rotatable bonds is 10. The lowest BCUT2D eigenvalue weighted by Crippen LogP contribution is -2.47. The van der Waals surface area contributed by atoms with Gasteiger partial charge in [-0.1, -0.05) is 31.4 Å². The molecule has 58 heavy (non-hydrogen) atoms. The molecule has 13 nitrogen and oxygen atoms in total. The Labute approximate surface area is 338 Å². The van der Waals surface area contributed by atoms with Crippen molar-refractivity contribution in [2.24, 2.45) is 11.8 Å². The van der Waals surface area contributed by atoms with E-state index < -0.39 is 11.9 Å². The zero-order valence-corrected chi connectivity index (χ0v) is 33.0. The number of aromatic nitrogens is 2. The summed E-state index contributed by atoms with van der Waals surface area (Å²) in [5.74, 6) is 0.405. The fourth-order valence-electron chi connectivity index (χ4n) is 8.74. The minimum absolute atomic E-state index is 0.232. The Hall–Kier alpha value is -5.34. The topological polar surface area (TPSA) is 149 Å². The Morgan fingerprint density at radius 1 is 0.828 bits per heavy atom. The van der Waals surface area contributed by atoms with Crippen LogP contribution in [-0.4, -0.2) is 90.6 Å². The number of nitrogens with zero attached hydrogens (tertiary/aromatic N) is 5. The minimum atomic E-state index is -0.517. The van der Waals surface area contributed by atoms with Crippen LogP contribution < -0.4 is 25.8 Å². The Bertz CT molecular complexity index is 1910. The molecule has 1 unspecified atom stereocenters. The summed E-state index contributed by atoms with van der Waals surface area (Å²) >= 11 is 0. The summed E-state index contributed by atoms with van der Waals surface area (Å²) in [7, 11) is 0. The van der Waals surface area contributed by atoms with Gasteiger partial charge in [-0.25, -0.2) is 23.5 Å². The normalized spacial score (nSPS) is 21.1. The average Bonchev–Trinajstić information content (AvgIpc) is 3.24. The fraction of sp³-hybridized carbons (Fsp3) is 0.535. The Balaban J connectivity index is 0.000000178. The Morgan fingerprint density at radius 2 is 1.59 bits per heavy atom. The SMILES string of the molecule is O=C1OCCCN1c1cccc(-c2nc(NC3CCCCC3)ncc2F)c1.O=CN1CCC(CC2CCN(c3ccc(NC4CCC(=O)NC4=O)cc3F)CC2)CC1. The number of ether oxygens (including phenoxy) is 1. The van der Waals surface area contributed by atoms with Gasteiger partial charge >= 0.3 is 6.09 Å². The molecule has 0 bridgehead atoms. The van der Waals surface area contributed by atoms with Gasteiger partial charge in [-0.15, -0.1) is 0 Å². The molecule has 1 saturated carbocycles.